The van der Waals surface area contributed by atoms with E-state index in [0.29, 0.717) is 22.4 Å². The summed E-state index contributed by atoms with van der Waals surface area (Å²) >= 11 is 0. The standard InChI is InChI=1S/C15H12O3.C14H10O3.BrH/c1-18-13-9-7-12(8-10-13)15(17)14(16)11-5-3-2-4-6-11;15-12-8-6-11(7-9-12)14(17)13(16)10-4-2-1-3-5-10;/h2-10H,1H3;1-9,15H;1H. The van der Waals surface area contributed by atoms with Gasteiger partial charge in [0.25, 0.3) is 0 Å². The molecule has 1 N–H and O–H groups in total. The van der Waals surface area contributed by atoms with Crippen LogP contribution in [0.4, 0.5) is 0 Å². The molecule has 0 heterocycles. The van der Waals surface area contributed by atoms with Crippen molar-refractivity contribution in [2.24, 2.45) is 0 Å². The van der Waals surface area contributed by atoms with Gasteiger partial charge in [0.1, 0.15) is 11.5 Å². The second-order valence-electron chi connectivity index (χ2n) is 7.32. The molecule has 0 amide bonds. The normalized spacial score (nSPS) is 9.58. The zero-order valence-electron chi connectivity index (χ0n) is 19.3. The number of rotatable bonds is 7. The maximum Gasteiger partial charge on any atom is 0.233 e. The van der Waals surface area contributed by atoms with Gasteiger partial charge in [-0.15, -0.1) is 17.0 Å². The molecule has 7 heteroatoms. The van der Waals surface area contributed by atoms with Gasteiger partial charge in [0.15, 0.2) is 0 Å². The van der Waals surface area contributed by atoms with E-state index >= 15 is 0 Å². The van der Waals surface area contributed by atoms with Crippen molar-refractivity contribution in [1.29, 1.82) is 0 Å². The molecule has 0 aliphatic heterocycles. The van der Waals surface area contributed by atoms with Gasteiger partial charge >= 0.3 is 0 Å². The van der Waals surface area contributed by atoms with Gasteiger partial charge in [-0.2, -0.15) is 0 Å². The summed E-state index contributed by atoms with van der Waals surface area (Å²) in [5, 5.41) is 9.10. The second-order valence-corrected chi connectivity index (χ2v) is 7.32. The minimum absolute atomic E-state index is 0. The molecule has 4 aromatic rings. The van der Waals surface area contributed by atoms with Crippen LogP contribution in [-0.4, -0.2) is 35.3 Å². The summed E-state index contributed by atoms with van der Waals surface area (Å²) < 4.78 is 5.00. The van der Waals surface area contributed by atoms with E-state index in [1.54, 1.807) is 92.0 Å². The maximum atomic E-state index is 12.0. The van der Waals surface area contributed by atoms with Gasteiger partial charge in [0.05, 0.1) is 7.11 Å². The summed E-state index contributed by atoms with van der Waals surface area (Å²) in [6.45, 7) is 0. The fourth-order valence-electron chi connectivity index (χ4n) is 3.06. The van der Waals surface area contributed by atoms with Crippen molar-refractivity contribution in [3.63, 3.8) is 0 Å². The zero-order valence-corrected chi connectivity index (χ0v) is 21.0. The number of hydrogen-bond donors (Lipinski definition) is 1. The van der Waals surface area contributed by atoms with E-state index in [4.69, 9.17) is 9.84 Å². The Bertz CT molecular complexity index is 1320. The number of phenolic OH excluding ortho intramolecular Hbond substituents is 1. The lowest BCUT2D eigenvalue weighted by Crippen LogP contribution is -2.14. The number of aromatic hydroxyl groups is 1. The fourth-order valence-corrected chi connectivity index (χ4v) is 3.06. The molecular formula is C29H23BrO6. The van der Waals surface area contributed by atoms with Crippen LogP contribution in [0.5, 0.6) is 11.5 Å². The second kappa shape index (κ2) is 13.5. The van der Waals surface area contributed by atoms with Gasteiger partial charge in [0, 0.05) is 22.3 Å². The van der Waals surface area contributed by atoms with Crippen LogP contribution in [0, 0.1) is 0 Å². The van der Waals surface area contributed by atoms with Gasteiger partial charge < -0.3 is 9.84 Å². The number of hydrogen-bond acceptors (Lipinski definition) is 6. The van der Waals surface area contributed by atoms with Crippen LogP contribution in [0.25, 0.3) is 0 Å². The molecule has 4 aromatic carbocycles. The Labute approximate surface area is 218 Å². The monoisotopic (exact) mass is 546 g/mol. The number of carbonyl (C=O) groups excluding carboxylic acids is 4. The lowest BCUT2D eigenvalue weighted by molar-refractivity contribution is 0.0817. The molecule has 36 heavy (non-hydrogen) atoms. The van der Waals surface area contributed by atoms with Crippen LogP contribution in [0.1, 0.15) is 41.4 Å². The Kier molecular flexibility index (Phi) is 10.5. The largest absolute Gasteiger partial charge is 0.508 e. The predicted molar refractivity (Wildman–Crippen MR) is 142 cm³/mol. The Balaban J connectivity index is 0.000000247. The highest BCUT2D eigenvalue weighted by atomic mass is 79.9. The Morgan fingerprint density at radius 3 is 1.14 bits per heavy atom. The first-order valence-corrected chi connectivity index (χ1v) is 10.6. The van der Waals surface area contributed by atoms with E-state index in [1.807, 2.05) is 0 Å². The van der Waals surface area contributed by atoms with Gasteiger partial charge in [-0.25, -0.2) is 0 Å². The molecule has 0 aliphatic rings. The van der Waals surface area contributed by atoms with E-state index in [1.165, 1.54) is 24.3 Å². The first-order valence-electron chi connectivity index (χ1n) is 10.6. The number of phenols is 1. The fraction of sp³-hybridized carbons (Fsp3) is 0.0345. The SMILES string of the molecule is Br.COc1ccc(C(=O)C(=O)c2ccccc2)cc1.O=C(C(=O)c1ccc(O)cc1)c1ccccc1. The van der Waals surface area contributed by atoms with Crippen LogP contribution in [0.2, 0.25) is 0 Å². The minimum Gasteiger partial charge on any atom is -0.508 e. The molecule has 0 saturated heterocycles. The summed E-state index contributed by atoms with van der Waals surface area (Å²) in [4.78, 5) is 47.5. The highest BCUT2D eigenvalue weighted by Gasteiger charge is 2.18. The lowest BCUT2D eigenvalue weighted by atomic mass is 10.0. The third-order valence-corrected chi connectivity index (χ3v) is 4.97. The molecule has 0 aliphatic carbocycles. The van der Waals surface area contributed by atoms with Gasteiger partial charge in [-0.1, -0.05) is 60.7 Å². The molecule has 182 valence electrons. The minimum atomic E-state index is -0.573. The topological polar surface area (TPSA) is 97.7 Å². The molecule has 0 aromatic heterocycles. The van der Waals surface area contributed by atoms with Crippen LogP contribution < -0.4 is 4.74 Å². The molecule has 0 radical (unpaired) electrons. The lowest BCUT2D eigenvalue weighted by Gasteiger charge is -2.02. The molecular weight excluding hydrogens is 524 g/mol. The van der Waals surface area contributed by atoms with Gasteiger partial charge in [0.2, 0.25) is 23.1 Å². The molecule has 0 fully saturated rings. The number of carbonyl (C=O) groups is 4. The van der Waals surface area contributed by atoms with Crippen molar-refractivity contribution >= 4 is 40.1 Å². The summed E-state index contributed by atoms with van der Waals surface area (Å²) in [5.74, 6) is -1.41. The van der Waals surface area contributed by atoms with E-state index in [9.17, 15) is 19.2 Å². The Morgan fingerprint density at radius 2 is 0.806 bits per heavy atom. The summed E-state index contributed by atoms with van der Waals surface area (Å²) in [6, 6.07) is 29.0. The average molecular weight is 547 g/mol. The van der Waals surface area contributed by atoms with Crippen molar-refractivity contribution in [2.75, 3.05) is 7.11 Å². The van der Waals surface area contributed by atoms with Crippen molar-refractivity contribution < 1.29 is 29.0 Å². The van der Waals surface area contributed by atoms with E-state index < -0.39 is 23.1 Å². The number of halogens is 1. The molecule has 0 spiro atoms. The van der Waals surface area contributed by atoms with Gasteiger partial charge in [-0.3, -0.25) is 19.2 Å². The summed E-state index contributed by atoms with van der Waals surface area (Å²) in [5.41, 5.74) is 1.41. The molecule has 0 atom stereocenters. The van der Waals surface area contributed by atoms with Crippen molar-refractivity contribution in [3.05, 3.63) is 131 Å². The predicted octanol–water partition coefficient (Wildman–Crippen LogP) is 5.80. The van der Waals surface area contributed by atoms with E-state index in [0.717, 1.165) is 0 Å². The van der Waals surface area contributed by atoms with Crippen LogP contribution in [0.15, 0.2) is 109 Å². The first-order chi connectivity index (χ1) is 16.9. The number of benzene rings is 4. The van der Waals surface area contributed by atoms with E-state index in [2.05, 4.69) is 0 Å². The Morgan fingerprint density at radius 1 is 0.500 bits per heavy atom. The third kappa shape index (κ3) is 7.32. The summed E-state index contributed by atoms with van der Waals surface area (Å²) in [6.07, 6.45) is 0. The van der Waals surface area contributed by atoms with Crippen LogP contribution >= 0.6 is 17.0 Å². The van der Waals surface area contributed by atoms with Crippen molar-refractivity contribution in [2.45, 2.75) is 0 Å². The van der Waals surface area contributed by atoms with Crippen molar-refractivity contribution in [3.8, 4) is 11.5 Å². The zero-order chi connectivity index (χ0) is 25.2. The average Bonchev–Trinajstić information content (AvgIpc) is 2.93. The number of methoxy groups -OCH3 is 1. The Hall–Kier alpha value is -4.36. The summed E-state index contributed by atoms with van der Waals surface area (Å²) in [7, 11) is 1.55. The number of Topliss-reactive ketones (excluding diaryl/α,β-unsaturated/α-hetero) is 4. The third-order valence-electron chi connectivity index (χ3n) is 4.97. The number of ether oxygens (including phenoxy) is 1. The molecule has 0 bridgehead atoms. The number of ketones is 4. The van der Waals surface area contributed by atoms with Gasteiger partial charge in [-0.05, 0) is 48.5 Å². The highest BCUT2D eigenvalue weighted by molar-refractivity contribution is 8.93. The van der Waals surface area contributed by atoms with Crippen LogP contribution in [-0.2, 0) is 0 Å². The first kappa shape index (κ1) is 27.9. The maximum absolute atomic E-state index is 12.0. The van der Waals surface area contributed by atoms with E-state index in [-0.39, 0.29) is 28.3 Å². The molecule has 0 unspecified atom stereocenters. The van der Waals surface area contributed by atoms with Crippen molar-refractivity contribution in [1.82, 2.24) is 0 Å². The van der Waals surface area contributed by atoms with Crippen LogP contribution in [0.3, 0.4) is 0 Å². The highest BCUT2D eigenvalue weighted by Crippen LogP contribution is 2.14. The molecule has 6 nitrogen and oxygen atoms in total. The quantitative estimate of drug-likeness (QED) is 0.232. The molecule has 0 saturated carbocycles. The smallest absolute Gasteiger partial charge is 0.233 e. The molecule has 4 rings (SSSR count).